The molecule has 2 heterocycles. The predicted octanol–water partition coefficient (Wildman–Crippen LogP) is 4.36. The normalized spacial score (nSPS) is 11.4. The zero-order chi connectivity index (χ0) is 22.2. The summed E-state index contributed by atoms with van der Waals surface area (Å²) in [6.45, 7) is 2.82. The number of benzene rings is 3. The zero-order valence-corrected chi connectivity index (χ0v) is 18.2. The van der Waals surface area contributed by atoms with E-state index >= 15 is 0 Å². The molecule has 0 unspecified atom stereocenters. The van der Waals surface area contributed by atoms with Gasteiger partial charge in [-0.15, -0.1) is 0 Å². The predicted molar refractivity (Wildman–Crippen MR) is 129 cm³/mol. The second kappa shape index (κ2) is 7.96. The number of amidine groups is 1. The lowest BCUT2D eigenvalue weighted by Crippen LogP contribution is -2.10. The molecule has 3 aromatic carbocycles. The average Bonchev–Trinajstić information content (AvgIpc) is 3.28. The molecular weight excluding hydrogens is 396 g/mol. The molecule has 5 aromatic rings. The van der Waals surface area contributed by atoms with Crippen molar-refractivity contribution in [2.75, 3.05) is 0 Å². The molecule has 32 heavy (non-hydrogen) atoms. The molecule has 5 rings (SSSR count). The van der Waals surface area contributed by atoms with Crippen molar-refractivity contribution in [3.8, 4) is 0 Å². The smallest absolute Gasteiger partial charge is 0.122 e. The highest BCUT2D eigenvalue weighted by Gasteiger charge is 2.11. The molecule has 0 saturated heterocycles. The fourth-order valence-electron chi connectivity index (χ4n) is 4.16. The number of rotatable bonds is 6. The van der Waals surface area contributed by atoms with E-state index in [0.29, 0.717) is 0 Å². The van der Waals surface area contributed by atoms with Gasteiger partial charge in [-0.1, -0.05) is 42.5 Å². The van der Waals surface area contributed by atoms with E-state index in [0.717, 1.165) is 57.8 Å². The Bertz CT molecular complexity index is 1440. The first kappa shape index (κ1) is 20.0. The number of fused-ring (bicyclic) bond motifs is 2. The van der Waals surface area contributed by atoms with Crippen LogP contribution < -0.4 is 5.73 Å². The lowest BCUT2D eigenvalue weighted by atomic mass is 10.1. The Hall–Kier alpha value is -3.93. The van der Waals surface area contributed by atoms with E-state index in [2.05, 4.69) is 70.9 Å². The summed E-state index contributed by atoms with van der Waals surface area (Å²) >= 11 is 0. The topological polar surface area (TPSA) is 85.5 Å². The van der Waals surface area contributed by atoms with E-state index in [1.54, 1.807) is 0 Å². The highest BCUT2D eigenvalue weighted by atomic mass is 15.1. The van der Waals surface area contributed by atoms with Gasteiger partial charge >= 0.3 is 0 Å². The second-order valence-corrected chi connectivity index (χ2v) is 8.09. The third-order valence-corrected chi connectivity index (χ3v) is 5.97. The first-order valence-electron chi connectivity index (χ1n) is 10.6. The number of nitrogens with two attached hydrogens (primary N) is 1. The van der Waals surface area contributed by atoms with Crippen molar-refractivity contribution in [1.82, 2.24) is 19.1 Å². The molecule has 159 valence electrons. The van der Waals surface area contributed by atoms with Crippen LogP contribution in [0.1, 0.15) is 28.3 Å². The molecule has 6 nitrogen and oxygen atoms in total. The summed E-state index contributed by atoms with van der Waals surface area (Å²) in [5.74, 6) is 2.11. The minimum Gasteiger partial charge on any atom is -0.384 e. The van der Waals surface area contributed by atoms with Crippen LogP contribution in [0.15, 0.2) is 66.7 Å². The van der Waals surface area contributed by atoms with E-state index in [1.165, 1.54) is 5.56 Å². The zero-order valence-electron chi connectivity index (χ0n) is 18.2. The van der Waals surface area contributed by atoms with Gasteiger partial charge in [0.15, 0.2) is 0 Å². The summed E-state index contributed by atoms with van der Waals surface area (Å²) in [5, 5.41) is 7.51. The quantitative estimate of drug-likeness (QED) is 0.316. The molecule has 3 N–H and O–H groups in total. The maximum atomic E-state index is 7.51. The van der Waals surface area contributed by atoms with Crippen molar-refractivity contribution < 1.29 is 0 Å². The van der Waals surface area contributed by atoms with Crippen molar-refractivity contribution >= 4 is 27.9 Å². The summed E-state index contributed by atoms with van der Waals surface area (Å²) in [4.78, 5) is 9.58. The summed E-state index contributed by atoms with van der Waals surface area (Å²) < 4.78 is 4.40. The highest BCUT2D eigenvalue weighted by Crippen LogP contribution is 2.22. The molecule has 0 aliphatic carbocycles. The van der Waals surface area contributed by atoms with Crippen LogP contribution in [0.2, 0.25) is 0 Å². The summed E-state index contributed by atoms with van der Waals surface area (Å²) in [6, 6.07) is 22.5. The van der Waals surface area contributed by atoms with Crippen molar-refractivity contribution in [3.63, 3.8) is 0 Å². The van der Waals surface area contributed by atoms with Crippen LogP contribution in [0.25, 0.3) is 22.1 Å². The Morgan fingerprint density at radius 2 is 1.75 bits per heavy atom. The number of hydrogen-bond acceptors (Lipinski definition) is 3. The fraction of sp³-hybridized carbons (Fsp3) is 0.154. The number of imidazole rings is 2. The van der Waals surface area contributed by atoms with Gasteiger partial charge in [0.1, 0.15) is 17.5 Å². The van der Waals surface area contributed by atoms with Crippen molar-refractivity contribution in [2.45, 2.75) is 19.9 Å². The molecule has 0 atom stereocenters. The SMILES string of the molecule is Cc1nc2ccccc2n1Cc1ccc2c(c1)nc(C[CH]c1ccc(C(=N)N)cc1)n2C. The van der Waals surface area contributed by atoms with E-state index in [-0.39, 0.29) is 5.84 Å². The van der Waals surface area contributed by atoms with Gasteiger partial charge in [-0.3, -0.25) is 5.41 Å². The van der Waals surface area contributed by atoms with Gasteiger partial charge in [0.25, 0.3) is 0 Å². The number of nitrogen functional groups attached to an aromatic ring is 1. The van der Waals surface area contributed by atoms with Crippen LogP contribution in [0, 0.1) is 18.8 Å². The van der Waals surface area contributed by atoms with Gasteiger partial charge in [-0.25, -0.2) is 9.97 Å². The minimum absolute atomic E-state index is 0.0848. The summed E-state index contributed by atoms with van der Waals surface area (Å²) in [5.41, 5.74) is 12.9. The first-order chi connectivity index (χ1) is 15.5. The number of aromatic nitrogens is 4. The van der Waals surface area contributed by atoms with Crippen LogP contribution in [-0.4, -0.2) is 24.9 Å². The van der Waals surface area contributed by atoms with Gasteiger partial charge in [-0.05, 0) is 48.7 Å². The highest BCUT2D eigenvalue weighted by molar-refractivity contribution is 5.94. The standard InChI is InChI=1S/C26H25N6/c1-17-29-21-5-3-4-6-24(21)32(17)16-19-9-13-23-22(15-19)30-25(31(23)2)14-10-18-7-11-20(12-8-18)26(27)28/h3-13,15H,14,16H2,1-2H3,(H3,27,28). The number of aryl methyl sites for hydroxylation is 2. The molecule has 1 radical (unpaired) electrons. The lowest BCUT2D eigenvalue weighted by Gasteiger charge is -2.07. The van der Waals surface area contributed by atoms with Crippen molar-refractivity contribution in [2.24, 2.45) is 12.8 Å². The average molecular weight is 422 g/mol. The third-order valence-electron chi connectivity index (χ3n) is 5.97. The summed E-state index contributed by atoms with van der Waals surface area (Å²) in [6.07, 6.45) is 2.87. The molecule has 0 saturated carbocycles. The maximum absolute atomic E-state index is 7.51. The van der Waals surface area contributed by atoms with E-state index in [4.69, 9.17) is 16.1 Å². The molecular formula is C26H25N6. The van der Waals surface area contributed by atoms with Gasteiger partial charge in [-0.2, -0.15) is 0 Å². The maximum Gasteiger partial charge on any atom is 0.122 e. The Morgan fingerprint density at radius 1 is 0.969 bits per heavy atom. The summed E-state index contributed by atoms with van der Waals surface area (Å²) in [7, 11) is 2.06. The molecule has 0 amide bonds. The molecule has 0 bridgehead atoms. The molecule has 0 aliphatic rings. The number of nitrogens with one attached hydrogen (secondary N) is 1. The Kier molecular flexibility index (Phi) is 4.98. The van der Waals surface area contributed by atoms with Crippen LogP contribution in [0.5, 0.6) is 0 Å². The number of hydrogen-bond donors (Lipinski definition) is 2. The first-order valence-corrected chi connectivity index (χ1v) is 10.6. The Morgan fingerprint density at radius 3 is 2.53 bits per heavy atom. The fourth-order valence-corrected chi connectivity index (χ4v) is 4.16. The largest absolute Gasteiger partial charge is 0.384 e. The third kappa shape index (κ3) is 3.64. The van der Waals surface area contributed by atoms with Gasteiger partial charge in [0, 0.05) is 25.6 Å². The lowest BCUT2D eigenvalue weighted by molar-refractivity contribution is 0.786. The van der Waals surface area contributed by atoms with E-state index in [1.807, 2.05) is 30.3 Å². The van der Waals surface area contributed by atoms with Crippen molar-refractivity contribution in [1.29, 1.82) is 5.41 Å². The molecule has 2 aromatic heterocycles. The van der Waals surface area contributed by atoms with Crippen LogP contribution in [-0.2, 0) is 20.0 Å². The Labute approximate surface area is 186 Å². The minimum atomic E-state index is 0.0848. The number of nitrogens with zero attached hydrogens (tertiary/aromatic N) is 4. The molecule has 0 fully saturated rings. The monoisotopic (exact) mass is 421 g/mol. The van der Waals surface area contributed by atoms with Crippen LogP contribution >= 0.6 is 0 Å². The van der Waals surface area contributed by atoms with Gasteiger partial charge < -0.3 is 14.9 Å². The van der Waals surface area contributed by atoms with Crippen LogP contribution in [0.3, 0.4) is 0 Å². The molecule has 6 heteroatoms. The van der Waals surface area contributed by atoms with Crippen molar-refractivity contribution in [3.05, 3.63) is 101 Å². The van der Waals surface area contributed by atoms with Crippen LogP contribution in [0.4, 0.5) is 0 Å². The number of para-hydroxylation sites is 2. The second-order valence-electron chi connectivity index (χ2n) is 8.09. The van der Waals surface area contributed by atoms with E-state index in [9.17, 15) is 0 Å². The molecule has 0 spiro atoms. The molecule has 0 aliphatic heterocycles. The van der Waals surface area contributed by atoms with E-state index < -0.39 is 0 Å². The Balaban J connectivity index is 1.38. The van der Waals surface area contributed by atoms with Gasteiger partial charge in [0.05, 0.1) is 22.1 Å². The van der Waals surface area contributed by atoms with Gasteiger partial charge in [0.2, 0.25) is 0 Å².